The molecule has 1 N–H and O–H groups in total. The Kier molecular flexibility index (Phi) is 7.84. The summed E-state index contributed by atoms with van der Waals surface area (Å²) in [5, 5.41) is 6.50. The molecule has 0 unspecified atom stereocenters. The van der Waals surface area contributed by atoms with Crippen molar-refractivity contribution in [1.29, 1.82) is 0 Å². The number of halogens is 1. The first kappa shape index (κ1) is 18.9. The molecule has 134 valence electrons. The summed E-state index contributed by atoms with van der Waals surface area (Å²) in [6, 6.07) is 7.31. The molecule has 1 heterocycles. The van der Waals surface area contributed by atoms with Crippen molar-refractivity contribution >= 4 is 28.7 Å². The number of rotatable bonds is 10. The third-order valence-electron chi connectivity index (χ3n) is 2.98. The Morgan fingerprint density at radius 3 is 2.92 bits per heavy atom. The van der Waals surface area contributed by atoms with E-state index < -0.39 is 0 Å². The summed E-state index contributed by atoms with van der Waals surface area (Å²) in [6.45, 7) is 2.11. The minimum Gasteiger partial charge on any atom is -0.493 e. The summed E-state index contributed by atoms with van der Waals surface area (Å²) in [4.78, 5) is 15.7. The van der Waals surface area contributed by atoms with Gasteiger partial charge in [-0.05, 0) is 36.8 Å². The SMILES string of the molecule is CCOC(=O)Cc1csc(NN=Cc2ccc(OCCCF)cc2)n1. The van der Waals surface area contributed by atoms with Gasteiger partial charge in [-0.2, -0.15) is 5.10 Å². The van der Waals surface area contributed by atoms with E-state index in [1.54, 1.807) is 30.7 Å². The van der Waals surface area contributed by atoms with Gasteiger partial charge in [0.1, 0.15) is 5.75 Å². The van der Waals surface area contributed by atoms with Gasteiger partial charge in [-0.25, -0.2) is 4.98 Å². The van der Waals surface area contributed by atoms with Crippen molar-refractivity contribution in [2.24, 2.45) is 5.10 Å². The molecule has 1 aromatic heterocycles. The largest absolute Gasteiger partial charge is 0.493 e. The fourth-order valence-corrected chi connectivity index (χ4v) is 2.52. The van der Waals surface area contributed by atoms with Gasteiger partial charge in [-0.15, -0.1) is 11.3 Å². The molecule has 0 radical (unpaired) electrons. The van der Waals surface area contributed by atoms with E-state index in [9.17, 15) is 9.18 Å². The Balaban J connectivity index is 1.80. The number of nitrogens with zero attached hydrogens (tertiary/aromatic N) is 2. The van der Waals surface area contributed by atoms with E-state index >= 15 is 0 Å². The van der Waals surface area contributed by atoms with Gasteiger partial charge in [-0.1, -0.05) is 0 Å². The second-order valence-electron chi connectivity index (χ2n) is 4.96. The van der Waals surface area contributed by atoms with Crippen LogP contribution in [0, 0.1) is 0 Å². The quantitative estimate of drug-likeness (QED) is 0.302. The first-order valence-corrected chi connectivity index (χ1v) is 8.77. The van der Waals surface area contributed by atoms with Gasteiger partial charge >= 0.3 is 5.97 Å². The molecule has 2 rings (SSSR count). The van der Waals surface area contributed by atoms with E-state index in [0.717, 1.165) is 5.56 Å². The lowest BCUT2D eigenvalue weighted by atomic mass is 10.2. The molecule has 0 amide bonds. The molecule has 25 heavy (non-hydrogen) atoms. The number of carbonyl (C=O) groups excluding carboxylic acids is 1. The number of benzene rings is 1. The molecular formula is C17H20FN3O3S. The molecule has 1 aromatic carbocycles. The van der Waals surface area contributed by atoms with Gasteiger partial charge in [0.05, 0.1) is 38.2 Å². The number of hydrazone groups is 1. The molecule has 6 nitrogen and oxygen atoms in total. The molecule has 0 aliphatic carbocycles. The predicted octanol–water partition coefficient (Wildman–Crippen LogP) is 3.43. The summed E-state index contributed by atoms with van der Waals surface area (Å²) in [5.41, 5.74) is 4.36. The monoisotopic (exact) mass is 365 g/mol. The van der Waals surface area contributed by atoms with Crippen molar-refractivity contribution in [2.75, 3.05) is 25.3 Å². The summed E-state index contributed by atoms with van der Waals surface area (Å²) in [6.07, 6.45) is 2.19. The van der Waals surface area contributed by atoms with E-state index in [0.29, 0.717) is 36.2 Å². The molecular weight excluding hydrogens is 345 g/mol. The highest BCUT2D eigenvalue weighted by molar-refractivity contribution is 7.13. The minimum atomic E-state index is -0.380. The van der Waals surface area contributed by atoms with Crippen molar-refractivity contribution in [1.82, 2.24) is 4.98 Å². The molecule has 0 saturated carbocycles. The average molecular weight is 365 g/mol. The zero-order chi connectivity index (χ0) is 17.9. The number of aromatic nitrogens is 1. The highest BCUT2D eigenvalue weighted by atomic mass is 32.1. The number of hydrogen-bond acceptors (Lipinski definition) is 7. The third kappa shape index (κ3) is 6.88. The number of ether oxygens (including phenoxy) is 2. The first-order valence-electron chi connectivity index (χ1n) is 7.89. The summed E-state index contributed by atoms with van der Waals surface area (Å²) in [5.74, 6) is 0.402. The van der Waals surface area contributed by atoms with Crippen LogP contribution in [0.1, 0.15) is 24.6 Å². The average Bonchev–Trinajstić information content (AvgIpc) is 3.04. The van der Waals surface area contributed by atoms with Crippen molar-refractivity contribution < 1.29 is 18.7 Å². The van der Waals surface area contributed by atoms with Gasteiger partial charge in [0.2, 0.25) is 5.13 Å². The van der Waals surface area contributed by atoms with Crippen LogP contribution in [0.4, 0.5) is 9.52 Å². The maximum Gasteiger partial charge on any atom is 0.311 e. The molecule has 0 aliphatic rings. The maximum atomic E-state index is 12.0. The normalized spacial score (nSPS) is 10.8. The Bertz CT molecular complexity index is 689. The number of hydrogen-bond donors (Lipinski definition) is 1. The van der Waals surface area contributed by atoms with Crippen LogP contribution < -0.4 is 10.2 Å². The van der Waals surface area contributed by atoms with Crippen LogP contribution in [0.25, 0.3) is 0 Å². The standard InChI is InChI=1S/C17H20FN3O3S/c1-2-23-16(22)10-14-12-25-17(20-14)21-19-11-13-4-6-15(7-5-13)24-9-3-8-18/h4-7,11-12H,2-3,8-10H2,1H3,(H,20,21). The number of esters is 1. The number of thiazole rings is 1. The molecule has 0 saturated heterocycles. The summed E-state index contributed by atoms with van der Waals surface area (Å²) < 4.78 is 22.3. The lowest BCUT2D eigenvalue weighted by molar-refractivity contribution is -0.142. The topological polar surface area (TPSA) is 72.8 Å². The van der Waals surface area contributed by atoms with Crippen molar-refractivity contribution in [2.45, 2.75) is 19.8 Å². The van der Waals surface area contributed by atoms with Gasteiger partial charge in [0, 0.05) is 11.8 Å². The Morgan fingerprint density at radius 1 is 1.40 bits per heavy atom. The molecule has 0 spiro atoms. The molecule has 2 aromatic rings. The Morgan fingerprint density at radius 2 is 2.20 bits per heavy atom. The van der Waals surface area contributed by atoms with E-state index in [1.807, 2.05) is 12.1 Å². The van der Waals surface area contributed by atoms with E-state index in [-0.39, 0.29) is 19.1 Å². The second-order valence-corrected chi connectivity index (χ2v) is 5.81. The lowest BCUT2D eigenvalue weighted by Gasteiger charge is -2.04. The smallest absolute Gasteiger partial charge is 0.311 e. The number of anilines is 1. The van der Waals surface area contributed by atoms with Gasteiger partial charge in [-0.3, -0.25) is 14.6 Å². The molecule has 0 aliphatic heterocycles. The number of carbonyl (C=O) groups is 1. The van der Waals surface area contributed by atoms with Crippen LogP contribution in [0.3, 0.4) is 0 Å². The highest BCUT2D eigenvalue weighted by Crippen LogP contribution is 2.16. The second kappa shape index (κ2) is 10.4. The number of alkyl halides is 1. The predicted molar refractivity (Wildman–Crippen MR) is 96.2 cm³/mol. The van der Waals surface area contributed by atoms with Crippen molar-refractivity contribution in [3.63, 3.8) is 0 Å². The zero-order valence-electron chi connectivity index (χ0n) is 13.9. The maximum absolute atomic E-state index is 12.0. The van der Waals surface area contributed by atoms with Crippen LogP contribution in [-0.4, -0.2) is 37.1 Å². The third-order valence-corrected chi connectivity index (χ3v) is 3.78. The van der Waals surface area contributed by atoms with Crippen molar-refractivity contribution in [3.8, 4) is 5.75 Å². The first-order chi connectivity index (χ1) is 12.2. The lowest BCUT2D eigenvalue weighted by Crippen LogP contribution is -2.07. The molecule has 0 fully saturated rings. The summed E-state index contributed by atoms with van der Waals surface area (Å²) in [7, 11) is 0. The fourth-order valence-electron chi connectivity index (χ4n) is 1.86. The van der Waals surface area contributed by atoms with Crippen LogP contribution >= 0.6 is 11.3 Å². The number of nitrogens with one attached hydrogen (secondary N) is 1. The van der Waals surface area contributed by atoms with E-state index in [4.69, 9.17) is 9.47 Å². The highest BCUT2D eigenvalue weighted by Gasteiger charge is 2.07. The minimum absolute atomic E-state index is 0.152. The van der Waals surface area contributed by atoms with E-state index in [2.05, 4.69) is 15.5 Å². The van der Waals surface area contributed by atoms with E-state index in [1.165, 1.54) is 11.3 Å². The van der Waals surface area contributed by atoms with Crippen LogP contribution in [-0.2, 0) is 16.0 Å². The van der Waals surface area contributed by atoms with Crippen LogP contribution in [0.5, 0.6) is 5.75 Å². The molecule has 0 bridgehead atoms. The van der Waals surface area contributed by atoms with Gasteiger partial charge in [0.15, 0.2) is 0 Å². The molecule has 8 heteroatoms. The fraction of sp³-hybridized carbons (Fsp3) is 0.353. The van der Waals surface area contributed by atoms with Gasteiger partial charge in [0.25, 0.3) is 0 Å². The molecule has 0 atom stereocenters. The Hall–Kier alpha value is -2.48. The van der Waals surface area contributed by atoms with Crippen LogP contribution in [0.2, 0.25) is 0 Å². The van der Waals surface area contributed by atoms with Gasteiger partial charge < -0.3 is 9.47 Å². The summed E-state index contributed by atoms with van der Waals surface area (Å²) >= 11 is 1.36. The zero-order valence-corrected chi connectivity index (χ0v) is 14.7. The Labute approximate surface area is 149 Å². The van der Waals surface area contributed by atoms with Crippen LogP contribution in [0.15, 0.2) is 34.7 Å². The van der Waals surface area contributed by atoms with Crippen molar-refractivity contribution in [3.05, 3.63) is 40.9 Å².